The van der Waals surface area contributed by atoms with E-state index >= 15 is 0 Å². The van der Waals surface area contributed by atoms with E-state index in [2.05, 4.69) is 10.6 Å². The number of amides is 3. The second kappa shape index (κ2) is 6.89. The molecule has 1 fully saturated rings. The molecular weight excluding hydrogens is 294 g/mol. The summed E-state index contributed by atoms with van der Waals surface area (Å²) in [6.45, 7) is 6.95. The Balaban J connectivity index is 1.82. The monoisotopic (exact) mass is 319 g/mol. The number of nitrogens with zero attached hydrogens (tertiary/aromatic N) is 1. The minimum absolute atomic E-state index is 0.0793. The van der Waals surface area contributed by atoms with Crippen LogP contribution in [0.2, 0.25) is 0 Å². The summed E-state index contributed by atoms with van der Waals surface area (Å²) in [5.74, 6) is 0.836. The Bertz CT molecular complexity index is 581. The normalized spacial score (nSPS) is 18.0. The number of carbonyl (C=O) groups is 2. The SMILES string of the molecule is COc1cccc(CNC(=O)NC2CC(=O)N(C(C)(C)C)C2)c1. The second-order valence-electron chi connectivity index (χ2n) is 6.75. The highest BCUT2D eigenvalue weighted by molar-refractivity contribution is 5.82. The number of nitrogens with one attached hydrogen (secondary N) is 2. The summed E-state index contributed by atoms with van der Waals surface area (Å²) in [7, 11) is 1.61. The van der Waals surface area contributed by atoms with E-state index in [1.165, 1.54) is 0 Å². The van der Waals surface area contributed by atoms with Gasteiger partial charge in [-0.2, -0.15) is 0 Å². The van der Waals surface area contributed by atoms with Gasteiger partial charge in [-0.3, -0.25) is 4.79 Å². The van der Waals surface area contributed by atoms with Crippen molar-refractivity contribution in [3.8, 4) is 5.75 Å². The number of hydrogen-bond donors (Lipinski definition) is 2. The predicted molar refractivity (Wildman–Crippen MR) is 88.2 cm³/mol. The van der Waals surface area contributed by atoms with Gasteiger partial charge in [-0.25, -0.2) is 4.79 Å². The summed E-state index contributed by atoms with van der Waals surface area (Å²) in [5.41, 5.74) is 0.739. The molecule has 126 valence electrons. The fraction of sp³-hybridized carbons (Fsp3) is 0.529. The zero-order valence-corrected chi connectivity index (χ0v) is 14.2. The van der Waals surface area contributed by atoms with Crippen molar-refractivity contribution in [1.82, 2.24) is 15.5 Å². The number of methoxy groups -OCH3 is 1. The maximum atomic E-state index is 12.0. The van der Waals surface area contributed by atoms with Crippen LogP contribution in [0.3, 0.4) is 0 Å². The first-order valence-corrected chi connectivity index (χ1v) is 7.77. The third-order valence-corrected chi connectivity index (χ3v) is 3.86. The third kappa shape index (κ3) is 4.61. The zero-order valence-electron chi connectivity index (χ0n) is 14.2. The van der Waals surface area contributed by atoms with Crippen LogP contribution in [0.25, 0.3) is 0 Å². The van der Waals surface area contributed by atoms with Crippen molar-refractivity contribution in [2.24, 2.45) is 0 Å². The van der Waals surface area contributed by atoms with Gasteiger partial charge in [0.15, 0.2) is 0 Å². The van der Waals surface area contributed by atoms with Crippen LogP contribution in [-0.4, -0.2) is 42.1 Å². The summed E-state index contributed by atoms with van der Waals surface area (Å²) in [5, 5.41) is 5.68. The molecule has 23 heavy (non-hydrogen) atoms. The van der Waals surface area contributed by atoms with Gasteiger partial charge in [-0.1, -0.05) is 12.1 Å². The van der Waals surface area contributed by atoms with Crippen LogP contribution in [0.5, 0.6) is 5.75 Å². The minimum atomic E-state index is -0.263. The molecule has 0 aromatic heterocycles. The van der Waals surface area contributed by atoms with Crippen molar-refractivity contribution in [3.05, 3.63) is 29.8 Å². The van der Waals surface area contributed by atoms with Crippen molar-refractivity contribution >= 4 is 11.9 Å². The highest BCUT2D eigenvalue weighted by atomic mass is 16.5. The maximum Gasteiger partial charge on any atom is 0.315 e. The van der Waals surface area contributed by atoms with E-state index in [9.17, 15) is 9.59 Å². The van der Waals surface area contributed by atoms with Crippen LogP contribution in [0.1, 0.15) is 32.8 Å². The predicted octanol–water partition coefficient (Wildman–Crippen LogP) is 1.89. The molecule has 0 saturated carbocycles. The Morgan fingerprint density at radius 2 is 2.13 bits per heavy atom. The molecule has 1 heterocycles. The lowest BCUT2D eigenvalue weighted by Crippen LogP contribution is -2.46. The van der Waals surface area contributed by atoms with Gasteiger partial charge in [0.05, 0.1) is 13.2 Å². The van der Waals surface area contributed by atoms with E-state index in [4.69, 9.17) is 4.74 Å². The van der Waals surface area contributed by atoms with Gasteiger partial charge in [-0.05, 0) is 38.5 Å². The molecule has 0 spiro atoms. The van der Waals surface area contributed by atoms with Gasteiger partial charge in [0.1, 0.15) is 5.75 Å². The molecule has 0 aliphatic carbocycles. The molecule has 0 bridgehead atoms. The number of urea groups is 1. The van der Waals surface area contributed by atoms with Crippen molar-refractivity contribution in [2.45, 2.75) is 45.3 Å². The molecule has 0 radical (unpaired) electrons. The molecule has 6 nitrogen and oxygen atoms in total. The van der Waals surface area contributed by atoms with E-state index in [1.54, 1.807) is 12.0 Å². The van der Waals surface area contributed by atoms with E-state index in [0.29, 0.717) is 19.5 Å². The molecule has 1 unspecified atom stereocenters. The topological polar surface area (TPSA) is 70.7 Å². The molecule has 2 N–H and O–H groups in total. The Labute approximate surface area is 137 Å². The first-order chi connectivity index (χ1) is 10.8. The molecule has 1 atom stereocenters. The number of benzene rings is 1. The minimum Gasteiger partial charge on any atom is -0.497 e. The molecule has 3 amide bonds. The fourth-order valence-corrected chi connectivity index (χ4v) is 2.65. The van der Waals surface area contributed by atoms with Gasteiger partial charge in [-0.15, -0.1) is 0 Å². The second-order valence-corrected chi connectivity index (χ2v) is 6.75. The van der Waals surface area contributed by atoms with E-state index in [-0.39, 0.29) is 23.5 Å². The first kappa shape index (κ1) is 17.1. The van der Waals surface area contributed by atoms with E-state index in [1.807, 2.05) is 45.0 Å². The van der Waals surface area contributed by atoms with Crippen molar-refractivity contribution < 1.29 is 14.3 Å². The summed E-state index contributed by atoms with van der Waals surface area (Å²) in [6.07, 6.45) is 0.351. The van der Waals surface area contributed by atoms with Crippen molar-refractivity contribution in [3.63, 3.8) is 0 Å². The molecule has 1 aliphatic rings. The lowest BCUT2D eigenvalue weighted by atomic mass is 10.1. The van der Waals surface area contributed by atoms with Crippen LogP contribution < -0.4 is 15.4 Å². The highest BCUT2D eigenvalue weighted by Gasteiger charge is 2.36. The smallest absolute Gasteiger partial charge is 0.315 e. The third-order valence-electron chi connectivity index (χ3n) is 3.86. The van der Waals surface area contributed by atoms with Crippen LogP contribution >= 0.6 is 0 Å². The molecule has 1 aromatic carbocycles. The summed E-state index contributed by atoms with van der Waals surface area (Å²) in [6, 6.07) is 7.12. The molecular formula is C17H25N3O3. The lowest BCUT2D eigenvalue weighted by molar-refractivity contribution is -0.131. The summed E-state index contributed by atoms with van der Waals surface area (Å²) < 4.78 is 5.15. The van der Waals surface area contributed by atoms with Crippen LogP contribution in [-0.2, 0) is 11.3 Å². The summed E-state index contributed by atoms with van der Waals surface area (Å²) >= 11 is 0. The number of ether oxygens (including phenoxy) is 1. The Kier molecular flexibility index (Phi) is 5.13. The largest absolute Gasteiger partial charge is 0.497 e. The van der Waals surface area contributed by atoms with Gasteiger partial charge < -0.3 is 20.3 Å². The van der Waals surface area contributed by atoms with Crippen LogP contribution in [0.15, 0.2) is 24.3 Å². The molecule has 1 saturated heterocycles. The Hall–Kier alpha value is -2.24. The highest BCUT2D eigenvalue weighted by Crippen LogP contribution is 2.21. The quantitative estimate of drug-likeness (QED) is 0.890. The standard InChI is InChI=1S/C17H25N3O3/c1-17(2,3)20-11-13(9-15(20)21)19-16(22)18-10-12-6-5-7-14(8-12)23-4/h5-8,13H,9-11H2,1-4H3,(H2,18,19,22). The molecule has 1 aromatic rings. The van der Waals surface area contributed by atoms with Gasteiger partial charge in [0.2, 0.25) is 5.91 Å². The van der Waals surface area contributed by atoms with Gasteiger partial charge in [0.25, 0.3) is 0 Å². The lowest BCUT2D eigenvalue weighted by Gasteiger charge is -2.32. The van der Waals surface area contributed by atoms with Gasteiger partial charge >= 0.3 is 6.03 Å². The Morgan fingerprint density at radius 1 is 1.39 bits per heavy atom. The molecule has 2 rings (SSSR count). The maximum absolute atomic E-state index is 12.0. The van der Waals surface area contributed by atoms with Crippen LogP contribution in [0, 0.1) is 0 Å². The average Bonchev–Trinajstić information content (AvgIpc) is 2.86. The first-order valence-electron chi connectivity index (χ1n) is 7.77. The molecule has 1 aliphatic heterocycles. The number of hydrogen-bond acceptors (Lipinski definition) is 3. The van der Waals surface area contributed by atoms with Crippen LogP contribution in [0.4, 0.5) is 4.79 Å². The van der Waals surface area contributed by atoms with E-state index < -0.39 is 0 Å². The zero-order chi connectivity index (χ0) is 17.0. The average molecular weight is 319 g/mol. The number of likely N-dealkylation sites (tertiary alicyclic amines) is 1. The number of rotatable bonds is 4. The number of carbonyl (C=O) groups excluding carboxylic acids is 2. The Morgan fingerprint density at radius 3 is 2.74 bits per heavy atom. The molecule has 6 heteroatoms. The van der Waals surface area contributed by atoms with Gasteiger partial charge in [0, 0.05) is 25.0 Å². The van der Waals surface area contributed by atoms with Crippen molar-refractivity contribution in [2.75, 3.05) is 13.7 Å². The fourth-order valence-electron chi connectivity index (χ4n) is 2.65. The van der Waals surface area contributed by atoms with Crippen molar-refractivity contribution in [1.29, 1.82) is 0 Å². The summed E-state index contributed by atoms with van der Waals surface area (Å²) in [4.78, 5) is 25.8. The van der Waals surface area contributed by atoms with E-state index in [0.717, 1.165) is 11.3 Å².